The highest BCUT2D eigenvalue weighted by molar-refractivity contribution is 7.98. The largest absolute Gasteiger partial charge is 0.298 e. The maximum Gasteiger partial charge on any atom is 0.257 e. The molecule has 7 nitrogen and oxygen atoms in total. The first-order chi connectivity index (χ1) is 14.2. The summed E-state index contributed by atoms with van der Waals surface area (Å²) >= 11 is 3.05. The number of likely N-dealkylation sites (tertiary alicyclic amines) is 1. The second kappa shape index (κ2) is 9.51. The van der Waals surface area contributed by atoms with Crippen LogP contribution in [0.15, 0.2) is 41.1 Å². The summed E-state index contributed by atoms with van der Waals surface area (Å²) in [4.78, 5) is 23.6. The smallest absolute Gasteiger partial charge is 0.257 e. The molecule has 3 aromatic rings. The van der Waals surface area contributed by atoms with Crippen molar-refractivity contribution in [1.82, 2.24) is 25.1 Å². The Kier molecular flexibility index (Phi) is 6.58. The molecule has 0 unspecified atom stereocenters. The van der Waals surface area contributed by atoms with Crippen LogP contribution in [0.5, 0.6) is 0 Å². The first-order valence-electron chi connectivity index (χ1n) is 9.71. The zero-order chi connectivity index (χ0) is 20.1. The van der Waals surface area contributed by atoms with Crippen molar-refractivity contribution in [2.45, 2.75) is 37.2 Å². The van der Waals surface area contributed by atoms with Crippen molar-refractivity contribution in [3.05, 3.63) is 52.8 Å². The van der Waals surface area contributed by atoms with Crippen LogP contribution in [-0.4, -0.2) is 44.1 Å². The number of thiazole rings is 1. The van der Waals surface area contributed by atoms with Crippen LogP contribution in [0.4, 0.5) is 5.13 Å². The van der Waals surface area contributed by atoms with E-state index in [4.69, 9.17) is 0 Å². The van der Waals surface area contributed by atoms with Crippen LogP contribution < -0.4 is 5.32 Å². The second-order valence-electron chi connectivity index (χ2n) is 7.33. The second-order valence-corrected chi connectivity index (χ2v) is 9.16. The van der Waals surface area contributed by atoms with Gasteiger partial charge in [-0.25, -0.2) is 9.97 Å². The van der Waals surface area contributed by atoms with Gasteiger partial charge in [-0.1, -0.05) is 30.8 Å². The fourth-order valence-corrected chi connectivity index (χ4v) is 4.65. The maximum atomic E-state index is 12.5. The van der Waals surface area contributed by atoms with Crippen molar-refractivity contribution in [3.63, 3.8) is 0 Å². The van der Waals surface area contributed by atoms with Crippen LogP contribution in [0.25, 0.3) is 0 Å². The van der Waals surface area contributed by atoms with Gasteiger partial charge < -0.3 is 0 Å². The Morgan fingerprint density at radius 3 is 2.83 bits per heavy atom. The Labute approximate surface area is 178 Å². The van der Waals surface area contributed by atoms with E-state index in [-0.39, 0.29) is 5.91 Å². The molecule has 0 aliphatic carbocycles. The highest BCUT2D eigenvalue weighted by Gasteiger charge is 2.17. The molecule has 3 heterocycles. The summed E-state index contributed by atoms with van der Waals surface area (Å²) in [5, 5.41) is 13.0. The van der Waals surface area contributed by atoms with Gasteiger partial charge in [0.25, 0.3) is 5.91 Å². The average molecular weight is 429 g/mol. The highest BCUT2D eigenvalue weighted by Crippen LogP contribution is 2.22. The van der Waals surface area contributed by atoms with E-state index in [2.05, 4.69) is 37.3 Å². The molecule has 1 aliphatic heterocycles. The van der Waals surface area contributed by atoms with Gasteiger partial charge in [0, 0.05) is 23.2 Å². The standard InChI is InChI=1S/C20H24N6OS2/c1-14-6-8-26(9-7-14)10-17-12-29-20(23-17)24-18(27)16-4-2-15(3-5-16)11-28-19-21-13-22-25-19/h2-5,12-14H,6-11H2,1H3,(H,21,22,25)(H,23,24,27). The topological polar surface area (TPSA) is 86.8 Å². The Hall–Kier alpha value is -2.23. The average Bonchev–Trinajstić information content (AvgIpc) is 3.41. The summed E-state index contributed by atoms with van der Waals surface area (Å²) in [5.41, 5.74) is 2.77. The van der Waals surface area contributed by atoms with Crippen molar-refractivity contribution in [2.75, 3.05) is 18.4 Å². The number of aromatic amines is 1. The zero-order valence-corrected chi connectivity index (χ0v) is 17.9. The number of hydrogen-bond acceptors (Lipinski definition) is 7. The number of nitrogens with one attached hydrogen (secondary N) is 2. The lowest BCUT2D eigenvalue weighted by Crippen LogP contribution is -2.32. The predicted molar refractivity (Wildman–Crippen MR) is 116 cm³/mol. The summed E-state index contributed by atoms with van der Waals surface area (Å²) in [6, 6.07) is 7.61. The Morgan fingerprint density at radius 2 is 2.10 bits per heavy atom. The maximum absolute atomic E-state index is 12.5. The predicted octanol–water partition coefficient (Wildman–Crippen LogP) is 4.04. The zero-order valence-electron chi connectivity index (χ0n) is 16.3. The molecule has 0 spiro atoms. The molecular formula is C20H24N6OS2. The third-order valence-electron chi connectivity index (χ3n) is 5.02. The monoisotopic (exact) mass is 428 g/mol. The van der Waals surface area contributed by atoms with E-state index >= 15 is 0 Å². The Bertz CT molecular complexity index is 917. The molecule has 2 N–H and O–H groups in total. The number of piperidine rings is 1. The summed E-state index contributed by atoms with van der Waals surface area (Å²) in [6.45, 7) is 5.43. The van der Waals surface area contributed by atoms with E-state index in [0.29, 0.717) is 10.7 Å². The highest BCUT2D eigenvalue weighted by atomic mass is 32.2. The summed E-state index contributed by atoms with van der Waals surface area (Å²) < 4.78 is 0. The normalized spacial score (nSPS) is 15.5. The van der Waals surface area contributed by atoms with E-state index in [1.807, 2.05) is 29.6 Å². The number of rotatable bonds is 7. The molecule has 1 aliphatic rings. The van der Waals surface area contributed by atoms with E-state index in [9.17, 15) is 4.79 Å². The van der Waals surface area contributed by atoms with Gasteiger partial charge in [0.05, 0.1) is 5.69 Å². The van der Waals surface area contributed by atoms with Crippen LogP contribution in [0.1, 0.15) is 41.4 Å². The SMILES string of the molecule is CC1CCN(Cc2csc(NC(=O)c3ccc(CSc4ncn[nH]4)cc3)n2)CC1. The van der Waals surface area contributed by atoms with Gasteiger partial charge in [-0.2, -0.15) is 5.10 Å². The third kappa shape index (κ3) is 5.65. The molecule has 1 amide bonds. The minimum atomic E-state index is -0.132. The van der Waals surface area contributed by atoms with Gasteiger partial charge >= 0.3 is 0 Å². The van der Waals surface area contributed by atoms with E-state index in [1.54, 1.807) is 11.8 Å². The molecule has 0 atom stereocenters. The van der Waals surface area contributed by atoms with Crippen molar-refractivity contribution in [2.24, 2.45) is 5.92 Å². The van der Waals surface area contributed by atoms with Gasteiger partial charge in [0.2, 0.25) is 0 Å². The molecule has 1 fully saturated rings. The molecule has 29 heavy (non-hydrogen) atoms. The number of aromatic nitrogens is 4. The molecule has 1 aromatic carbocycles. The molecule has 152 valence electrons. The van der Waals surface area contributed by atoms with Crippen molar-refractivity contribution < 1.29 is 4.79 Å². The van der Waals surface area contributed by atoms with Crippen LogP contribution in [0.2, 0.25) is 0 Å². The number of H-pyrrole nitrogens is 1. The summed E-state index contributed by atoms with van der Waals surface area (Å²) in [5.74, 6) is 1.46. The molecule has 0 radical (unpaired) electrons. The number of thioether (sulfide) groups is 1. The van der Waals surface area contributed by atoms with Crippen LogP contribution in [-0.2, 0) is 12.3 Å². The minimum Gasteiger partial charge on any atom is -0.298 e. The number of hydrogen-bond donors (Lipinski definition) is 2. The number of carbonyl (C=O) groups is 1. The first-order valence-corrected chi connectivity index (χ1v) is 11.6. The van der Waals surface area contributed by atoms with Gasteiger partial charge in [-0.05, 0) is 49.5 Å². The summed E-state index contributed by atoms with van der Waals surface area (Å²) in [7, 11) is 0. The number of carbonyl (C=O) groups excluding carboxylic acids is 1. The van der Waals surface area contributed by atoms with Gasteiger partial charge in [0.15, 0.2) is 10.3 Å². The van der Waals surface area contributed by atoms with Crippen LogP contribution in [0.3, 0.4) is 0 Å². The lowest BCUT2D eigenvalue weighted by atomic mass is 9.99. The molecular weight excluding hydrogens is 404 g/mol. The number of benzene rings is 1. The van der Waals surface area contributed by atoms with Crippen molar-refractivity contribution >= 4 is 34.1 Å². The minimum absolute atomic E-state index is 0.132. The van der Waals surface area contributed by atoms with Crippen LogP contribution in [0, 0.1) is 5.92 Å². The van der Waals surface area contributed by atoms with Crippen molar-refractivity contribution in [3.8, 4) is 0 Å². The molecule has 0 bridgehead atoms. The molecule has 9 heteroatoms. The number of amides is 1. The number of anilines is 1. The van der Waals surface area contributed by atoms with E-state index in [0.717, 1.165) is 47.7 Å². The molecule has 4 rings (SSSR count). The lowest BCUT2D eigenvalue weighted by molar-refractivity contribution is 0.102. The van der Waals surface area contributed by atoms with Crippen LogP contribution >= 0.6 is 23.1 Å². The van der Waals surface area contributed by atoms with E-state index < -0.39 is 0 Å². The third-order valence-corrected chi connectivity index (χ3v) is 6.77. The van der Waals surface area contributed by atoms with Crippen molar-refractivity contribution in [1.29, 1.82) is 0 Å². The molecule has 2 aromatic heterocycles. The fourth-order valence-electron chi connectivity index (χ4n) is 3.22. The van der Waals surface area contributed by atoms with Gasteiger partial charge in [-0.3, -0.25) is 20.1 Å². The number of nitrogens with zero attached hydrogens (tertiary/aromatic N) is 4. The van der Waals surface area contributed by atoms with Gasteiger partial charge in [-0.15, -0.1) is 11.3 Å². The molecule has 1 saturated heterocycles. The quantitative estimate of drug-likeness (QED) is 0.553. The lowest BCUT2D eigenvalue weighted by Gasteiger charge is -2.29. The Morgan fingerprint density at radius 1 is 1.31 bits per heavy atom. The first kappa shape index (κ1) is 20.1. The fraction of sp³-hybridized carbons (Fsp3) is 0.400. The van der Waals surface area contributed by atoms with Gasteiger partial charge in [0.1, 0.15) is 6.33 Å². The Balaban J connectivity index is 1.28. The molecule has 0 saturated carbocycles. The summed E-state index contributed by atoms with van der Waals surface area (Å²) in [6.07, 6.45) is 3.99. The van der Waals surface area contributed by atoms with E-state index in [1.165, 1.54) is 30.5 Å².